The topological polar surface area (TPSA) is 209 Å². The van der Waals surface area contributed by atoms with E-state index in [4.69, 9.17) is 48.1 Å². The van der Waals surface area contributed by atoms with Crippen LogP contribution in [0.3, 0.4) is 0 Å². The standard InChI is InChI=1S/C26H29N5O3.C22H27N5O2.C21H27N5O3/c1-32-22-13-19(14-23(33-2)24(22)34-3)21-17-31-12-10-27-26(31)25(29-21)28-20-9-11-30(16-20)15-18-7-5-4-6-8-18;1-4-5-6-7-9-18-15-27-13-12-23-22(27)21(25-18)24-17-10-8-11-19(14-17)29-16-20(28)26(2)3;1-24-7-5-8-25(11-10-24)21-20-22-6-9-26(20)14-16(23-21)15-12-17(27-2)19(29-4)18(13-15)28-3/h4-8,10,12-14,17,20H,9,11,15-16H2,1-3H3,(H,28,29);7-15H,4-6,16H2,1-3H3,(H,24,25);6,9,12-14H,5,7-8,10-11H2,1-4H3/b;9-7+;. The minimum atomic E-state index is -0.0910. The molecule has 1 amide bonds. The van der Waals surface area contributed by atoms with Gasteiger partial charge in [0.15, 0.2) is 64.0 Å². The summed E-state index contributed by atoms with van der Waals surface area (Å²) in [6.45, 7) is 9.11. The molecule has 2 fully saturated rings. The molecule has 23 heteroatoms. The van der Waals surface area contributed by atoms with E-state index in [0.717, 1.165) is 134 Å². The van der Waals surface area contributed by atoms with E-state index >= 15 is 0 Å². The number of ether oxygens (including phenoxy) is 7. The maximum absolute atomic E-state index is 11.7. The van der Waals surface area contributed by atoms with Crippen molar-refractivity contribution in [2.75, 3.05) is 125 Å². The van der Waals surface area contributed by atoms with Gasteiger partial charge in [-0.15, -0.1) is 0 Å². The molecule has 2 N–H and O–H groups in total. The third-order valence-corrected chi connectivity index (χ3v) is 15.9. The molecule has 0 aliphatic carbocycles. The highest BCUT2D eigenvalue weighted by Crippen LogP contribution is 2.43. The van der Waals surface area contributed by atoms with Gasteiger partial charge in [0.1, 0.15) is 5.75 Å². The summed E-state index contributed by atoms with van der Waals surface area (Å²) >= 11 is 0. The predicted octanol–water partition coefficient (Wildman–Crippen LogP) is 10.8. The number of hydrogen-bond acceptors (Lipinski definition) is 19. The molecule has 1 unspecified atom stereocenters. The number of allylic oxidation sites excluding steroid dienone is 1. The molecule has 2 saturated heterocycles. The summed E-state index contributed by atoms with van der Waals surface area (Å²) in [6, 6.07) is 26.0. The highest BCUT2D eigenvalue weighted by atomic mass is 16.5. The average Bonchev–Trinajstić information content (AvgIpc) is 1.44. The van der Waals surface area contributed by atoms with Gasteiger partial charge in [-0.3, -0.25) is 9.69 Å². The Morgan fingerprint density at radius 2 is 1.26 bits per heavy atom. The lowest BCUT2D eigenvalue weighted by Gasteiger charge is -2.23. The maximum atomic E-state index is 11.7. The minimum Gasteiger partial charge on any atom is -0.493 e. The van der Waals surface area contributed by atoms with E-state index < -0.39 is 0 Å². The molecule has 6 aromatic heterocycles. The summed E-state index contributed by atoms with van der Waals surface area (Å²) < 4.78 is 44.6. The molecule has 4 aromatic carbocycles. The van der Waals surface area contributed by atoms with Crippen molar-refractivity contribution in [3.63, 3.8) is 0 Å². The van der Waals surface area contributed by atoms with E-state index in [0.29, 0.717) is 52.1 Å². The fraction of sp³-hybridized carbons (Fsp3) is 0.348. The summed E-state index contributed by atoms with van der Waals surface area (Å²) in [5, 5.41) is 6.97. The van der Waals surface area contributed by atoms with Gasteiger partial charge in [0.05, 0.1) is 59.7 Å². The number of likely N-dealkylation sites (tertiary alicyclic amines) is 1. The Morgan fingerprint density at radius 3 is 1.88 bits per heavy atom. The lowest BCUT2D eigenvalue weighted by Crippen LogP contribution is -2.30. The number of likely N-dealkylation sites (N-methyl/N-ethyl adjacent to an activating group) is 2. The number of imidazole rings is 3. The number of unbranched alkanes of at least 4 members (excludes halogenated alkanes) is 2. The number of hydrogen-bond donors (Lipinski definition) is 2. The summed E-state index contributed by atoms with van der Waals surface area (Å²) in [7, 11) is 15.2. The van der Waals surface area contributed by atoms with Gasteiger partial charge in [-0.1, -0.05) is 62.2 Å². The Balaban J connectivity index is 0.000000152. The molecule has 0 spiro atoms. The van der Waals surface area contributed by atoms with Crippen molar-refractivity contribution in [1.82, 2.24) is 57.8 Å². The molecular formula is C69H83N15O8. The third kappa shape index (κ3) is 15.9. The van der Waals surface area contributed by atoms with Crippen molar-refractivity contribution >= 4 is 52.1 Å². The number of anilines is 4. The molecular weight excluding hydrogens is 1170 g/mol. The van der Waals surface area contributed by atoms with Crippen LogP contribution in [0.4, 0.5) is 23.1 Å². The van der Waals surface area contributed by atoms with Crippen molar-refractivity contribution in [3.8, 4) is 62.8 Å². The number of aromatic nitrogens is 9. The number of amides is 1. The quantitative estimate of drug-likeness (QED) is 0.0605. The van der Waals surface area contributed by atoms with Crippen molar-refractivity contribution in [2.45, 2.75) is 51.6 Å². The van der Waals surface area contributed by atoms with Gasteiger partial charge in [0.2, 0.25) is 11.5 Å². The highest BCUT2D eigenvalue weighted by molar-refractivity contribution is 5.78. The molecule has 1 atom stereocenters. The second-order valence-electron chi connectivity index (χ2n) is 22.5. The maximum Gasteiger partial charge on any atom is 0.259 e. The minimum absolute atomic E-state index is 0.00273. The van der Waals surface area contributed by atoms with E-state index in [1.54, 1.807) is 69.1 Å². The van der Waals surface area contributed by atoms with Gasteiger partial charge in [-0.2, -0.15) is 0 Å². The Kier molecular flexibility index (Phi) is 21.9. The first-order chi connectivity index (χ1) is 44.9. The van der Waals surface area contributed by atoms with E-state index in [9.17, 15) is 4.79 Å². The Labute approximate surface area is 537 Å². The van der Waals surface area contributed by atoms with Crippen LogP contribution in [0.25, 0.3) is 45.5 Å². The molecule has 12 rings (SSSR count). The first kappa shape index (κ1) is 64.8. The highest BCUT2D eigenvalue weighted by Gasteiger charge is 2.26. The molecule has 0 radical (unpaired) electrons. The number of rotatable bonds is 22. The molecule has 0 bridgehead atoms. The lowest BCUT2D eigenvalue weighted by molar-refractivity contribution is -0.130. The van der Waals surface area contributed by atoms with Crippen molar-refractivity contribution in [1.29, 1.82) is 0 Å². The lowest BCUT2D eigenvalue weighted by atomic mass is 10.1. The van der Waals surface area contributed by atoms with E-state index in [1.165, 1.54) is 16.9 Å². The number of nitrogens with one attached hydrogen (secondary N) is 2. The largest absolute Gasteiger partial charge is 0.493 e. The Hall–Kier alpha value is -10.1. The molecule has 0 saturated carbocycles. The van der Waals surface area contributed by atoms with Crippen LogP contribution in [0.2, 0.25) is 0 Å². The smallest absolute Gasteiger partial charge is 0.259 e. The van der Waals surface area contributed by atoms with Gasteiger partial charge in [0, 0.05) is 138 Å². The van der Waals surface area contributed by atoms with Crippen LogP contribution < -0.4 is 48.7 Å². The Morgan fingerprint density at radius 1 is 0.652 bits per heavy atom. The number of carbonyl (C=O) groups excluding carboxylic acids is 1. The van der Waals surface area contributed by atoms with E-state index in [1.807, 2.05) is 111 Å². The van der Waals surface area contributed by atoms with Crippen LogP contribution in [0.5, 0.6) is 40.2 Å². The zero-order chi connectivity index (χ0) is 64.5. The van der Waals surface area contributed by atoms with Gasteiger partial charge < -0.3 is 71.7 Å². The summed E-state index contributed by atoms with van der Waals surface area (Å²) in [5.41, 5.74) is 8.78. The number of benzene rings is 4. The molecule has 2 aliphatic heterocycles. The van der Waals surface area contributed by atoms with Crippen LogP contribution in [0, 0.1) is 0 Å². The fourth-order valence-electron chi connectivity index (χ4n) is 11.0. The molecule has 23 nitrogen and oxygen atoms in total. The van der Waals surface area contributed by atoms with Crippen LogP contribution >= 0.6 is 0 Å². The Bertz CT molecular complexity index is 4040. The van der Waals surface area contributed by atoms with Gasteiger partial charge in [0.25, 0.3) is 5.91 Å². The van der Waals surface area contributed by atoms with Crippen molar-refractivity contribution < 1.29 is 38.0 Å². The molecule has 10 aromatic rings. The molecule has 92 heavy (non-hydrogen) atoms. The number of carbonyl (C=O) groups is 1. The van der Waals surface area contributed by atoms with Crippen LogP contribution in [0.15, 0.2) is 141 Å². The summed E-state index contributed by atoms with van der Waals surface area (Å²) in [4.78, 5) is 48.5. The number of methoxy groups -OCH3 is 6. The van der Waals surface area contributed by atoms with Gasteiger partial charge in [-0.25, -0.2) is 29.9 Å². The zero-order valence-corrected chi connectivity index (χ0v) is 54.2. The van der Waals surface area contributed by atoms with Gasteiger partial charge in [-0.05, 0) is 80.9 Å². The van der Waals surface area contributed by atoms with E-state index in [-0.39, 0.29) is 12.5 Å². The molecule has 2 aliphatic rings. The van der Waals surface area contributed by atoms with Crippen molar-refractivity contribution in [2.24, 2.45) is 0 Å². The third-order valence-electron chi connectivity index (χ3n) is 15.9. The predicted molar refractivity (Wildman–Crippen MR) is 360 cm³/mol. The first-order valence-corrected chi connectivity index (χ1v) is 30.8. The fourth-order valence-corrected chi connectivity index (χ4v) is 11.0. The number of fused-ring (bicyclic) bond motifs is 3. The molecule has 8 heterocycles. The summed E-state index contributed by atoms with van der Waals surface area (Å²) in [5.74, 6) is 6.36. The summed E-state index contributed by atoms with van der Waals surface area (Å²) in [6.07, 6.45) is 26.7. The van der Waals surface area contributed by atoms with Crippen molar-refractivity contribution in [3.05, 3.63) is 152 Å². The van der Waals surface area contributed by atoms with Crippen LogP contribution in [0.1, 0.15) is 50.3 Å². The van der Waals surface area contributed by atoms with Gasteiger partial charge >= 0.3 is 0 Å². The van der Waals surface area contributed by atoms with E-state index in [2.05, 4.69) is 90.7 Å². The SMILES string of the molecule is CCCC/C=C/c1cn2ccnc2c(Nc2cccc(OCC(=O)N(C)C)c2)n1.COc1cc(-c2cn3ccnc3c(N3CCCN(C)CC3)n2)cc(OC)c1OC.COc1cc(-c2cn3ccnc3c(NC3CCN(Cc4ccccc4)C3)n2)cc(OC)c1OC. The zero-order valence-electron chi connectivity index (χ0n) is 54.2. The second-order valence-corrected chi connectivity index (χ2v) is 22.5. The monoisotopic (exact) mass is 1250 g/mol. The first-order valence-electron chi connectivity index (χ1n) is 30.8. The second kappa shape index (κ2) is 31.1. The molecule has 482 valence electrons. The van der Waals surface area contributed by atoms with Crippen LogP contribution in [-0.2, 0) is 11.3 Å². The number of nitrogens with zero attached hydrogens (tertiary/aromatic N) is 13. The average molecular weight is 1250 g/mol. The van der Waals surface area contributed by atoms with Crippen LogP contribution in [-0.4, -0.2) is 179 Å². The normalized spacial score (nSPS) is 14.3.